The minimum atomic E-state index is -0.750. The zero-order valence-electron chi connectivity index (χ0n) is 18.5. The fourth-order valence-electron chi connectivity index (χ4n) is 3.37. The third-order valence-electron chi connectivity index (χ3n) is 5.12. The maximum Gasteiger partial charge on any atom is 0.335 e. The first-order valence-corrected chi connectivity index (χ1v) is 10.9. The van der Waals surface area contributed by atoms with Crippen molar-refractivity contribution in [1.82, 2.24) is 9.88 Å². The molecule has 0 bridgehead atoms. The van der Waals surface area contributed by atoms with E-state index in [-0.39, 0.29) is 11.8 Å². The van der Waals surface area contributed by atoms with Gasteiger partial charge in [0.05, 0.1) is 6.54 Å². The second-order valence-corrected chi connectivity index (χ2v) is 7.61. The van der Waals surface area contributed by atoms with Crippen LogP contribution in [0.5, 0.6) is 11.5 Å². The summed E-state index contributed by atoms with van der Waals surface area (Å²) < 4.78 is 22.7. The Morgan fingerprint density at radius 3 is 2.36 bits per heavy atom. The van der Waals surface area contributed by atoms with Crippen LogP contribution in [-0.2, 0) is 18.1 Å². The van der Waals surface area contributed by atoms with E-state index in [0.717, 1.165) is 16.7 Å². The Labute approximate surface area is 195 Å². The number of aryl methyl sites for hydroxylation is 2. The number of rotatable bonds is 5. The van der Waals surface area contributed by atoms with Crippen molar-refractivity contribution >= 4 is 29.2 Å². The lowest BCUT2D eigenvalue weighted by atomic mass is 10.0. The summed E-state index contributed by atoms with van der Waals surface area (Å²) in [5.41, 5.74) is 3.78. The number of pyridine rings is 1. The second-order valence-electron chi connectivity index (χ2n) is 7.48. The van der Waals surface area contributed by atoms with Gasteiger partial charge in [-0.3, -0.25) is 9.59 Å². The molecule has 0 saturated heterocycles. The summed E-state index contributed by atoms with van der Waals surface area (Å²) in [5.74, 6) is 1.19. The van der Waals surface area contributed by atoms with Crippen molar-refractivity contribution in [2.24, 2.45) is 0 Å². The molecule has 2 amide bonds. The number of benzene rings is 2. The highest BCUT2D eigenvalue weighted by Gasteiger charge is 2.31. The smallest absolute Gasteiger partial charge is 0.335 e. The monoisotopic (exact) mass is 465 g/mol. The summed E-state index contributed by atoms with van der Waals surface area (Å²) in [4.78, 5) is 31.6. The quantitative estimate of drug-likeness (QED) is 0.609. The van der Waals surface area contributed by atoms with Crippen LogP contribution in [0.4, 0.5) is 5.82 Å². The zero-order valence-corrected chi connectivity index (χ0v) is 19.3. The Balaban J connectivity index is 0.000000968. The number of carbonyl (C=O) groups excluding carboxylic acids is 2. The molecule has 2 aromatic carbocycles. The first-order chi connectivity index (χ1) is 15.9. The van der Waals surface area contributed by atoms with Gasteiger partial charge in [0.25, 0.3) is 11.8 Å². The number of fused-ring (bicyclic) bond motifs is 1. The summed E-state index contributed by atoms with van der Waals surface area (Å²) in [7, 11) is 0. The molecular formula is C24H23N3O5S. The maximum absolute atomic E-state index is 12.9. The number of carbonyl (C=O) groups is 2. The summed E-state index contributed by atoms with van der Waals surface area (Å²) in [5, 5.41) is 2.78. The molecule has 1 N–H and O–H groups in total. The van der Waals surface area contributed by atoms with Crippen molar-refractivity contribution in [2.75, 3.05) is 11.9 Å². The third kappa shape index (κ3) is 5.69. The van der Waals surface area contributed by atoms with Crippen LogP contribution in [-0.4, -0.2) is 36.7 Å². The molecule has 0 saturated carbocycles. The van der Waals surface area contributed by atoms with Crippen LogP contribution in [0.25, 0.3) is 0 Å². The number of amides is 2. The van der Waals surface area contributed by atoms with Crippen LogP contribution < -0.4 is 10.1 Å². The molecule has 170 valence electrons. The number of nitrogens with zero attached hydrogens (tertiary/aromatic N) is 2. The summed E-state index contributed by atoms with van der Waals surface area (Å²) in [6.45, 7) is 6.92. The predicted octanol–water partition coefficient (Wildman–Crippen LogP) is 4.05. The average Bonchev–Trinajstić information content (AvgIpc) is 3.13. The van der Waals surface area contributed by atoms with E-state index < -0.39 is 11.6 Å². The molecule has 0 aliphatic carbocycles. The van der Waals surface area contributed by atoms with E-state index in [4.69, 9.17) is 13.2 Å². The molecule has 1 aliphatic rings. The van der Waals surface area contributed by atoms with E-state index in [1.807, 2.05) is 51.1 Å². The number of aromatic nitrogens is 1. The topological polar surface area (TPSA) is 106 Å². The zero-order chi connectivity index (χ0) is 24.0. The van der Waals surface area contributed by atoms with Gasteiger partial charge in [-0.2, -0.15) is 8.42 Å². The van der Waals surface area contributed by atoms with Crippen LogP contribution in [0.1, 0.15) is 44.3 Å². The molecule has 1 aromatic heterocycles. The lowest BCUT2D eigenvalue weighted by Crippen LogP contribution is -2.23. The predicted molar refractivity (Wildman–Crippen MR) is 124 cm³/mol. The van der Waals surface area contributed by atoms with Crippen molar-refractivity contribution < 1.29 is 22.7 Å². The van der Waals surface area contributed by atoms with Crippen LogP contribution in [0.2, 0.25) is 0 Å². The molecule has 0 fully saturated rings. The van der Waals surface area contributed by atoms with Crippen molar-refractivity contribution in [1.29, 1.82) is 0 Å². The minimum Gasteiger partial charge on any atom is -0.457 e. The lowest BCUT2D eigenvalue weighted by molar-refractivity contribution is 0.0787. The van der Waals surface area contributed by atoms with Gasteiger partial charge in [0.1, 0.15) is 17.3 Å². The van der Waals surface area contributed by atoms with E-state index in [0.29, 0.717) is 41.5 Å². The van der Waals surface area contributed by atoms with Gasteiger partial charge in [0.2, 0.25) is 0 Å². The molecule has 4 rings (SSSR count). The number of nitrogens with one attached hydrogen (secondary N) is 1. The van der Waals surface area contributed by atoms with Gasteiger partial charge in [-0.1, -0.05) is 23.8 Å². The fourth-order valence-corrected chi connectivity index (χ4v) is 3.37. The molecule has 8 nitrogen and oxygen atoms in total. The van der Waals surface area contributed by atoms with Crippen molar-refractivity contribution in [3.63, 3.8) is 0 Å². The summed E-state index contributed by atoms with van der Waals surface area (Å²) in [6.07, 6.45) is 1.69. The number of anilines is 1. The SMILES string of the molecule is CCN1Cc2c(Oc3ccc(C)cc3)cc(C(=O)Nc3ccc(C)cn3)cc2C1=O.O=S=O. The highest BCUT2D eigenvalue weighted by molar-refractivity contribution is 7.51. The van der Waals surface area contributed by atoms with Crippen LogP contribution in [0.15, 0.2) is 54.7 Å². The van der Waals surface area contributed by atoms with Gasteiger partial charge in [-0.15, -0.1) is 0 Å². The van der Waals surface area contributed by atoms with Crippen LogP contribution in [0, 0.1) is 13.8 Å². The summed E-state index contributed by atoms with van der Waals surface area (Å²) >= 11 is -0.750. The second kappa shape index (κ2) is 10.6. The van der Waals surface area contributed by atoms with Crippen LogP contribution in [0.3, 0.4) is 0 Å². The summed E-state index contributed by atoms with van der Waals surface area (Å²) in [6, 6.07) is 14.6. The highest BCUT2D eigenvalue weighted by atomic mass is 32.1. The number of hydrogen-bond donors (Lipinski definition) is 1. The Bertz CT molecular complexity index is 1200. The van der Waals surface area contributed by atoms with Gasteiger partial charge >= 0.3 is 11.6 Å². The van der Waals surface area contributed by atoms with Crippen LogP contribution >= 0.6 is 0 Å². The molecule has 0 radical (unpaired) electrons. The van der Waals surface area contributed by atoms with E-state index in [1.54, 1.807) is 29.3 Å². The largest absolute Gasteiger partial charge is 0.457 e. The van der Waals surface area contributed by atoms with Gasteiger partial charge in [-0.05, 0) is 56.7 Å². The molecule has 3 aromatic rings. The van der Waals surface area contributed by atoms with E-state index in [1.165, 1.54) is 0 Å². The minimum absolute atomic E-state index is 0.0932. The van der Waals surface area contributed by atoms with Crippen molar-refractivity contribution in [3.8, 4) is 11.5 Å². The fraction of sp³-hybridized carbons (Fsp3) is 0.208. The van der Waals surface area contributed by atoms with Gasteiger partial charge < -0.3 is 15.0 Å². The lowest BCUT2D eigenvalue weighted by Gasteiger charge is -2.13. The van der Waals surface area contributed by atoms with E-state index >= 15 is 0 Å². The Kier molecular flexibility index (Phi) is 7.68. The van der Waals surface area contributed by atoms with E-state index in [2.05, 4.69) is 10.3 Å². The first kappa shape index (κ1) is 23.8. The van der Waals surface area contributed by atoms with E-state index in [9.17, 15) is 9.59 Å². The molecule has 2 heterocycles. The average molecular weight is 466 g/mol. The molecule has 9 heteroatoms. The van der Waals surface area contributed by atoms with Gasteiger partial charge in [-0.25, -0.2) is 4.98 Å². The Morgan fingerprint density at radius 2 is 1.76 bits per heavy atom. The molecular weight excluding hydrogens is 442 g/mol. The Morgan fingerprint density at radius 1 is 1.09 bits per heavy atom. The highest BCUT2D eigenvalue weighted by Crippen LogP contribution is 2.35. The standard InChI is InChI=1S/C24H23N3O3.O2S/c1-4-27-14-20-19(24(27)29)11-17(23(28)26-22-10-7-16(3)13-25-22)12-21(20)30-18-8-5-15(2)6-9-18;1-3-2/h5-13H,4,14H2,1-3H3,(H,25,26,28);. The molecule has 0 atom stereocenters. The molecule has 33 heavy (non-hydrogen) atoms. The van der Waals surface area contributed by atoms with Crippen molar-refractivity contribution in [2.45, 2.75) is 27.3 Å². The third-order valence-corrected chi connectivity index (χ3v) is 5.12. The van der Waals surface area contributed by atoms with Crippen molar-refractivity contribution in [3.05, 3.63) is 82.5 Å². The Hall–Kier alpha value is -3.85. The molecule has 1 aliphatic heterocycles. The van der Waals surface area contributed by atoms with Gasteiger partial charge in [0, 0.05) is 29.4 Å². The first-order valence-electron chi connectivity index (χ1n) is 10.2. The normalized spacial score (nSPS) is 11.8. The van der Waals surface area contributed by atoms with Gasteiger partial charge in [0.15, 0.2) is 0 Å². The molecule has 0 spiro atoms. The number of ether oxygens (including phenoxy) is 1. The molecule has 0 unspecified atom stereocenters. The maximum atomic E-state index is 12.9. The number of hydrogen-bond acceptors (Lipinski definition) is 6.